The lowest BCUT2D eigenvalue weighted by atomic mass is 9.92. The van der Waals surface area contributed by atoms with Crippen LogP contribution in [0.2, 0.25) is 0 Å². The third-order valence-corrected chi connectivity index (χ3v) is 4.05. The van der Waals surface area contributed by atoms with Crippen LogP contribution in [0, 0.1) is 11.7 Å². The van der Waals surface area contributed by atoms with Crippen molar-refractivity contribution < 1.29 is 9.50 Å². The molecule has 0 amide bonds. The second kappa shape index (κ2) is 6.03. The molecular weight excluding hydrogens is 308 g/mol. The Kier molecular flexibility index (Phi) is 5.22. The SMILES string of the molecule is Cl.N[C@H](c1c(Br)ccc(F)c1O)C1CCCC1. The summed E-state index contributed by atoms with van der Waals surface area (Å²) in [5, 5.41) is 9.72. The Morgan fingerprint density at radius 1 is 1.35 bits per heavy atom. The molecule has 1 aromatic carbocycles. The van der Waals surface area contributed by atoms with Crippen molar-refractivity contribution in [2.45, 2.75) is 31.7 Å². The van der Waals surface area contributed by atoms with E-state index in [-0.39, 0.29) is 24.2 Å². The molecule has 1 aromatic rings. The van der Waals surface area contributed by atoms with E-state index in [4.69, 9.17) is 5.73 Å². The number of hydrogen-bond donors (Lipinski definition) is 2. The van der Waals surface area contributed by atoms with E-state index in [9.17, 15) is 9.50 Å². The molecule has 96 valence electrons. The Morgan fingerprint density at radius 3 is 2.53 bits per heavy atom. The Labute approximate surface area is 115 Å². The van der Waals surface area contributed by atoms with Crippen LogP contribution < -0.4 is 5.73 Å². The summed E-state index contributed by atoms with van der Waals surface area (Å²) in [5.41, 5.74) is 6.62. The first kappa shape index (κ1) is 14.7. The summed E-state index contributed by atoms with van der Waals surface area (Å²) in [6, 6.07) is 2.55. The molecule has 1 fully saturated rings. The number of benzene rings is 1. The minimum absolute atomic E-state index is 0. The van der Waals surface area contributed by atoms with Gasteiger partial charge in [-0.25, -0.2) is 4.39 Å². The van der Waals surface area contributed by atoms with Crippen LogP contribution in [-0.4, -0.2) is 5.11 Å². The van der Waals surface area contributed by atoms with Crippen LogP contribution >= 0.6 is 28.3 Å². The van der Waals surface area contributed by atoms with Crippen LogP contribution in [0.5, 0.6) is 5.75 Å². The molecule has 3 N–H and O–H groups in total. The Balaban J connectivity index is 0.00000144. The number of phenolic OH excluding ortho intramolecular Hbond substituents is 1. The molecule has 0 aromatic heterocycles. The molecule has 5 heteroatoms. The molecule has 2 rings (SSSR count). The molecule has 0 spiro atoms. The van der Waals surface area contributed by atoms with E-state index in [0.29, 0.717) is 16.0 Å². The van der Waals surface area contributed by atoms with Crippen molar-refractivity contribution >= 4 is 28.3 Å². The summed E-state index contributed by atoms with van der Waals surface area (Å²) in [6.45, 7) is 0. The van der Waals surface area contributed by atoms with Crippen molar-refractivity contribution in [3.63, 3.8) is 0 Å². The molecule has 0 unspecified atom stereocenters. The number of nitrogens with two attached hydrogens (primary N) is 1. The van der Waals surface area contributed by atoms with Gasteiger partial charge in [0, 0.05) is 16.1 Å². The van der Waals surface area contributed by atoms with Crippen molar-refractivity contribution in [1.82, 2.24) is 0 Å². The first-order valence-corrected chi connectivity index (χ1v) is 6.33. The lowest BCUT2D eigenvalue weighted by Crippen LogP contribution is -2.20. The van der Waals surface area contributed by atoms with Gasteiger partial charge in [-0.3, -0.25) is 0 Å². The van der Waals surface area contributed by atoms with E-state index < -0.39 is 5.82 Å². The summed E-state index contributed by atoms with van der Waals surface area (Å²) < 4.78 is 14.0. The van der Waals surface area contributed by atoms with Gasteiger partial charge in [0.15, 0.2) is 11.6 Å². The standard InChI is InChI=1S/C12H15BrFNO.ClH/c13-8-5-6-9(14)12(16)10(8)11(15)7-3-1-2-4-7;/h5-7,11,16H,1-4,15H2;1H/t11-;/m0./s1. The van der Waals surface area contributed by atoms with Crippen molar-refractivity contribution in [2.24, 2.45) is 11.7 Å². The summed E-state index contributed by atoms with van der Waals surface area (Å²) in [7, 11) is 0. The second-order valence-electron chi connectivity index (χ2n) is 4.36. The molecule has 17 heavy (non-hydrogen) atoms. The maximum absolute atomic E-state index is 13.3. The molecule has 1 aliphatic carbocycles. The Bertz CT molecular complexity index is 396. The van der Waals surface area contributed by atoms with Gasteiger partial charge in [-0.1, -0.05) is 28.8 Å². The normalized spacial score (nSPS) is 17.8. The highest BCUT2D eigenvalue weighted by atomic mass is 79.9. The van der Waals surface area contributed by atoms with Gasteiger partial charge in [-0.05, 0) is 30.9 Å². The van der Waals surface area contributed by atoms with Gasteiger partial charge in [-0.2, -0.15) is 0 Å². The minimum atomic E-state index is -0.605. The topological polar surface area (TPSA) is 46.2 Å². The van der Waals surface area contributed by atoms with Crippen LogP contribution in [0.25, 0.3) is 0 Å². The maximum Gasteiger partial charge on any atom is 0.165 e. The molecule has 0 saturated heterocycles. The molecule has 0 heterocycles. The van der Waals surface area contributed by atoms with E-state index in [1.54, 1.807) is 6.07 Å². The highest BCUT2D eigenvalue weighted by molar-refractivity contribution is 9.10. The monoisotopic (exact) mass is 323 g/mol. The number of halogens is 3. The zero-order valence-electron chi connectivity index (χ0n) is 9.33. The maximum atomic E-state index is 13.3. The van der Waals surface area contributed by atoms with Crippen molar-refractivity contribution in [2.75, 3.05) is 0 Å². The predicted octanol–water partition coefficient (Wildman–Crippen LogP) is 3.91. The highest BCUT2D eigenvalue weighted by Crippen LogP contribution is 2.41. The third-order valence-electron chi connectivity index (χ3n) is 3.36. The van der Waals surface area contributed by atoms with E-state index in [1.165, 1.54) is 18.9 Å². The average molecular weight is 325 g/mol. The number of phenols is 1. The van der Waals surface area contributed by atoms with Gasteiger partial charge >= 0.3 is 0 Å². The fraction of sp³-hybridized carbons (Fsp3) is 0.500. The van der Waals surface area contributed by atoms with Gasteiger partial charge in [0.2, 0.25) is 0 Å². The highest BCUT2D eigenvalue weighted by Gasteiger charge is 2.27. The smallest absolute Gasteiger partial charge is 0.165 e. The zero-order chi connectivity index (χ0) is 11.7. The first-order chi connectivity index (χ1) is 7.61. The summed E-state index contributed by atoms with van der Waals surface area (Å²) >= 11 is 3.32. The van der Waals surface area contributed by atoms with Gasteiger partial charge in [-0.15, -0.1) is 12.4 Å². The lowest BCUT2D eigenvalue weighted by Gasteiger charge is -2.21. The molecule has 0 aliphatic heterocycles. The molecule has 1 saturated carbocycles. The fourth-order valence-corrected chi connectivity index (χ4v) is 3.01. The van der Waals surface area contributed by atoms with Crippen LogP contribution in [0.4, 0.5) is 4.39 Å². The van der Waals surface area contributed by atoms with Gasteiger partial charge in [0.05, 0.1) is 0 Å². The van der Waals surface area contributed by atoms with Crippen molar-refractivity contribution in [3.8, 4) is 5.75 Å². The van der Waals surface area contributed by atoms with Crippen LogP contribution in [0.1, 0.15) is 37.3 Å². The summed E-state index contributed by atoms with van der Waals surface area (Å²) in [4.78, 5) is 0. The third kappa shape index (κ3) is 2.92. The van der Waals surface area contributed by atoms with Crippen LogP contribution in [0.3, 0.4) is 0 Å². The van der Waals surface area contributed by atoms with E-state index in [2.05, 4.69) is 15.9 Å². The first-order valence-electron chi connectivity index (χ1n) is 5.53. The van der Waals surface area contributed by atoms with Crippen molar-refractivity contribution in [3.05, 3.63) is 28.0 Å². The number of rotatable bonds is 2. The molecule has 0 bridgehead atoms. The summed E-state index contributed by atoms with van der Waals surface area (Å²) in [6.07, 6.45) is 4.46. The van der Waals surface area contributed by atoms with Crippen molar-refractivity contribution in [1.29, 1.82) is 0 Å². The van der Waals surface area contributed by atoms with Crippen LogP contribution in [0.15, 0.2) is 16.6 Å². The number of aromatic hydroxyl groups is 1. The van der Waals surface area contributed by atoms with E-state index >= 15 is 0 Å². The zero-order valence-corrected chi connectivity index (χ0v) is 11.7. The molecule has 1 aliphatic rings. The predicted molar refractivity (Wildman–Crippen MR) is 71.9 cm³/mol. The molecule has 2 nitrogen and oxygen atoms in total. The van der Waals surface area contributed by atoms with E-state index in [1.807, 2.05) is 0 Å². The minimum Gasteiger partial charge on any atom is -0.505 e. The average Bonchev–Trinajstić information content (AvgIpc) is 2.77. The lowest BCUT2D eigenvalue weighted by molar-refractivity contribution is 0.390. The van der Waals surface area contributed by atoms with Gasteiger partial charge in [0.25, 0.3) is 0 Å². The second-order valence-corrected chi connectivity index (χ2v) is 5.22. The molecule has 0 radical (unpaired) electrons. The molecule has 1 atom stereocenters. The summed E-state index contributed by atoms with van der Waals surface area (Å²) in [5.74, 6) is -0.565. The number of hydrogen-bond acceptors (Lipinski definition) is 2. The largest absolute Gasteiger partial charge is 0.505 e. The Morgan fingerprint density at radius 2 is 1.94 bits per heavy atom. The fourth-order valence-electron chi connectivity index (χ4n) is 2.43. The molecular formula is C12H16BrClFNO. The van der Waals surface area contributed by atoms with E-state index in [0.717, 1.165) is 12.8 Å². The van der Waals surface area contributed by atoms with Gasteiger partial charge in [0.1, 0.15) is 0 Å². The quantitative estimate of drug-likeness (QED) is 0.866. The van der Waals surface area contributed by atoms with Gasteiger partial charge < -0.3 is 10.8 Å². The Hall–Kier alpha value is -0.320. The van der Waals surface area contributed by atoms with Crippen LogP contribution in [-0.2, 0) is 0 Å².